The number of ether oxygens (including phenoxy) is 6. The molecule has 0 spiro atoms. The fraction of sp³-hybridized carbons (Fsp3) is 0.500. The van der Waals surface area contributed by atoms with E-state index in [2.05, 4.69) is 18.9 Å². The summed E-state index contributed by atoms with van der Waals surface area (Å²) in [4.78, 5) is 0. The van der Waals surface area contributed by atoms with Crippen LogP contribution >= 0.6 is 0 Å². The number of hydrogen-bond acceptors (Lipinski definition) is 12. The molecule has 0 fully saturated rings. The summed E-state index contributed by atoms with van der Waals surface area (Å²) in [5.74, 6) is 0. The first kappa shape index (κ1) is 19.7. The van der Waals surface area contributed by atoms with Crippen molar-refractivity contribution in [2.45, 2.75) is 24.4 Å². The van der Waals surface area contributed by atoms with Gasteiger partial charge in [-0.2, -0.15) is 31.6 Å². The van der Waals surface area contributed by atoms with E-state index in [1.54, 1.807) is 0 Å². The van der Waals surface area contributed by atoms with Crippen molar-refractivity contribution in [2.24, 2.45) is 0 Å². The molecule has 0 bridgehead atoms. The van der Waals surface area contributed by atoms with Crippen molar-refractivity contribution in [3.05, 3.63) is 0 Å². The van der Waals surface area contributed by atoms with Crippen LogP contribution in [0.15, 0.2) is 0 Å². The zero-order valence-corrected chi connectivity index (χ0v) is 11.9. The molecular weight excluding hydrogens is 324 g/mol. The average Bonchev–Trinajstić information content (AvgIpc) is 2.59. The van der Waals surface area contributed by atoms with E-state index in [0.717, 1.165) is 0 Å². The maximum absolute atomic E-state index is 8.74. The highest BCUT2D eigenvalue weighted by atomic mass is 16.6. The second-order valence-electron chi connectivity index (χ2n) is 3.65. The van der Waals surface area contributed by atoms with Gasteiger partial charge >= 0.3 is 0 Å². The summed E-state index contributed by atoms with van der Waals surface area (Å²) in [6, 6.07) is 0. The maximum atomic E-state index is 8.74. The largest absolute Gasteiger partial charge is 0.423 e. The maximum Gasteiger partial charge on any atom is 0.286 e. The fourth-order valence-corrected chi connectivity index (χ4v) is 1.60. The lowest BCUT2D eigenvalue weighted by Gasteiger charge is -2.29. The van der Waals surface area contributed by atoms with Crippen molar-refractivity contribution in [1.29, 1.82) is 31.6 Å². The first-order valence-electron chi connectivity index (χ1n) is 5.90. The zero-order valence-electron chi connectivity index (χ0n) is 11.9. The lowest BCUT2D eigenvalue weighted by molar-refractivity contribution is -0.123. The molecule has 12 nitrogen and oxygen atoms in total. The van der Waals surface area contributed by atoms with Crippen molar-refractivity contribution < 1.29 is 28.4 Å². The van der Waals surface area contributed by atoms with Crippen molar-refractivity contribution >= 4 is 0 Å². The molecule has 0 rings (SSSR count). The van der Waals surface area contributed by atoms with Crippen LogP contribution in [0.1, 0.15) is 0 Å². The van der Waals surface area contributed by atoms with Gasteiger partial charge in [-0.05, 0) is 0 Å². The Morgan fingerprint density at radius 3 is 1.08 bits per heavy atom. The van der Waals surface area contributed by atoms with Crippen molar-refractivity contribution in [2.75, 3.05) is 13.2 Å². The van der Waals surface area contributed by atoms with Gasteiger partial charge in [0.05, 0.1) is 0 Å². The third-order valence-corrected chi connectivity index (χ3v) is 2.47. The summed E-state index contributed by atoms with van der Waals surface area (Å²) >= 11 is 0. The molecule has 0 aliphatic rings. The van der Waals surface area contributed by atoms with Crippen molar-refractivity contribution in [3.63, 3.8) is 0 Å². The minimum Gasteiger partial charge on any atom is -0.423 e. The Morgan fingerprint density at radius 1 is 0.500 bits per heavy atom. The molecule has 0 aliphatic heterocycles. The Hall–Kier alpha value is -4.26. The molecule has 12 heteroatoms. The zero-order chi connectivity index (χ0) is 18.2. The van der Waals surface area contributed by atoms with E-state index >= 15 is 0 Å². The summed E-state index contributed by atoms with van der Waals surface area (Å²) in [5.41, 5.74) is 0. The van der Waals surface area contributed by atoms with E-state index in [0.29, 0.717) is 0 Å². The second kappa shape index (κ2) is 12.5. The molecule has 122 valence electrons. The van der Waals surface area contributed by atoms with Gasteiger partial charge in [-0.25, -0.2) is 0 Å². The van der Waals surface area contributed by atoms with Crippen LogP contribution in [0, 0.1) is 69.1 Å². The average molecular weight is 332 g/mol. The van der Waals surface area contributed by atoms with Crippen LogP contribution < -0.4 is 0 Å². The summed E-state index contributed by atoms with van der Waals surface area (Å²) in [6.45, 7) is -1.06. The van der Waals surface area contributed by atoms with Gasteiger partial charge in [0, 0.05) is 0 Å². The van der Waals surface area contributed by atoms with Crippen LogP contribution in [-0.2, 0) is 28.4 Å². The molecule has 24 heavy (non-hydrogen) atoms. The van der Waals surface area contributed by atoms with E-state index in [9.17, 15) is 0 Å². The lowest BCUT2D eigenvalue weighted by atomic mass is 10.0. The molecule has 0 aromatic carbocycles. The van der Waals surface area contributed by atoms with Gasteiger partial charge in [0.2, 0.25) is 0 Å². The monoisotopic (exact) mass is 332 g/mol. The van der Waals surface area contributed by atoms with Gasteiger partial charge in [-0.1, -0.05) is 0 Å². The number of hydrogen-bond donors (Lipinski definition) is 0. The van der Waals surface area contributed by atoms with Crippen LogP contribution in [0.2, 0.25) is 0 Å². The predicted molar refractivity (Wildman–Crippen MR) is 65.1 cm³/mol. The first-order chi connectivity index (χ1) is 11.7. The lowest BCUT2D eigenvalue weighted by Crippen LogP contribution is -2.50. The van der Waals surface area contributed by atoms with Crippen molar-refractivity contribution in [1.82, 2.24) is 0 Å². The molecule has 0 saturated carbocycles. The Morgan fingerprint density at radius 2 is 0.833 bits per heavy atom. The molecule has 0 aromatic rings. The number of nitrogens with zero attached hydrogens (tertiary/aromatic N) is 6. The summed E-state index contributed by atoms with van der Waals surface area (Å²) in [6.07, 6.45) is 2.21. The molecule has 0 radical (unpaired) electrons. The Balaban J connectivity index is 5.60. The van der Waals surface area contributed by atoms with Gasteiger partial charge in [-0.15, -0.1) is 0 Å². The molecule has 0 saturated heterocycles. The SMILES string of the molecule is N#COCC(OC#N)C(OC#N)C(OC#N)C(COC#N)OC#N. The molecule has 4 unspecified atom stereocenters. The molecule has 0 aliphatic carbocycles. The fourth-order valence-electron chi connectivity index (χ4n) is 1.60. The van der Waals surface area contributed by atoms with E-state index < -0.39 is 37.6 Å². The summed E-state index contributed by atoms with van der Waals surface area (Å²) in [5, 5.41) is 51.6. The van der Waals surface area contributed by atoms with Crippen LogP contribution in [-0.4, -0.2) is 37.6 Å². The minimum absolute atomic E-state index is 0.528. The second-order valence-corrected chi connectivity index (χ2v) is 3.65. The molecule has 0 aromatic heterocycles. The van der Waals surface area contributed by atoms with E-state index in [1.807, 2.05) is 0 Å². The third-order valence-electron chi connectivity index (χ3n) is 2.47. The van der Waals surface area contributed by atoms with Gasteiger partial charge in [0.25, 0.3) is 37.5 Å². The Bertz CT molecular complexity index is 573. The van der Waals surface area contributed by atoms with E-state index in [4.69, 9.17) is 41.0 Å². The standard InChI is InChI=1S/C12H8N6O6/c13-3-19-1-9(21-5-15)11(23-7-17)12(24-8-18)10(22-6-16)2-20-4-14/h9-12H,1-2H2. The van der Waals surface area contributed by atoms with Crippen molar-refractivity contribution in [3.8, 4) is 37.5 Å². The molecule has 0 amide bonds. The summed E-state index contributed by atoms with van der Waals surface area (Å²) in [7, 11) is 0. The number of nitriles is 6. The Labute approximate surface area is 136 Å². The summed E-state index contributed by atoms with van der Waals surface area (Å²) < 4.78 is 27.6. The minimum atomic E-state index is -1.50. The highest BCUT2D eigenvalue weighted by Gasteiger charge is 2.43. The van der Waals surface area contributed by atoms with Crippen LogP contribution in [0.5, 0.6) is 0 Å². The Kier molecular flexibility index (Phi) is 10.3. The third kappa shape index (κ3) is 6.46. The van der Waals surface area contributed by atoms with Crippen LogP contribution in [0.25, 0.3) is 0 Å². The van der Waals surface area contributed by atoms with Gasteiger partial charge in [0.1, 0.15) is 13.2 Å². The van der Waals surface area contributed by atoms with E-state index in [1.165, 1.54) is 37.5 Å². The quantitative estimate of drug-likeness (QED) is 0.437. The number of rotatable bonds is 11. The van der Waals surface area contributed by atoms with Gasteiger partial charge in [0.15, 0.2) is 24.4 Å². The molecular formula is C12H8N6O6. The van der Waals surface area contributed by atoms with Gasteiger partial charge in [-0.3, -0.25) is 0 Å². The molecule has 0 N–H and O–H groups in total. The smallest absolute Gasteiger partial charge is 0.286 e. The molecule has 0 heterocycles. The normalized spacial score (nSPS) is 13.2. The topological polar surface area (TPSA) is 198 Å². The highest BCUT2D eigenvalue weighted by molar-refractivity contribution is 4.91. The highest BCUT2D eigenvalue weighted by Crippen LogP contribution is 2.18. The predicted octanol–water partition coefficient (Wildman–Crippen LogP) is -0.553. The first-order valence-corrected chi connectivity index (χ1v) is 5.90. The molecule has 4 atom stereocenters. The van der Waals surface area contributed by atoms with E-state index in [-0.39, 0.29) is 0 Å². The van der Waals surface area contributed by atoms with Crippen LogP contribution in [0.3, 0.4) is 0 Å². The van der Waals surface area contributed by atoms with Crippen LogP contribution in [0.4, 0.5) is 0 Å². The van der Waals surface area contributed by atoms with Gasteiger partial charge < -0.3 is 28.4 Å².